The van der Waals surface area contributed by atoms with Gasteiger partial charge in [0.1, 0.15) is 11.3 Å². The van der Waals surface area contributed by atoms with Crippen LogP contribution in [0.3, 0.4) is 0 Å². The molecule has 9 heteroatoms. The SMILES string of the molecule is COc1cccc(NS(=O)(=O)c2ccc3oc(=O)c4ncn(C)c4c3c2)c1. The molecule has 138 valence electrons. The standard InChI is InChI=1S/C18H15N3O5S/c1-21-10-19-16-17(21)14-9-13(6-7-15(14)26-18(16)22)27(23,24)20-11-4-3-5-12(8-11)25-2/h3-10,20H,1-2H3. The van der Waals surface area contributed by atoms with Crippen LogP contribution in [0, 0.1) is 0 Å². The summed E-state index contributed by atoms with van der Waals surface area (Å²) < 4.78 is 40.1. The molecule has 0 aliphatic rings. The lowest BCUT2D eigenvalue weighted by Gasteiger charge is -2.10. The molecule has 4 rings (SSSR count). The van der Waals surface area contributed by atoms with Crippen LogP contribution in [-0.2, 0) is 17.1 Å². The first-order valence-corrected chi connectivity index (χ1v) is 9.42. The molecule has 0 bridgehead atoms. The number of benzene rings is 2. The van der Waals surface area contributed by atoms with Crippen molar-refractivity contribution in [2.45, 2.75) is 4.90 Å². The van der Waals surface area contributed by atoms with Gasteiger partial charge in [0.15, 0.2) is 5.52 Å². The van der Waals surface area contributed by atoms with E-state index in [0.717, 1.165) is 0 Å². The van der Waals surface area contributed by atoms with Crippen molar-refractivity contribution in [2.24, 2.45) is 7.05 Å². The molecule has 0 spiro atoms. The molecule has 0 unspecified atom stereocenters. The molecule has 2 heterocycles. The topological polar surface area (TPSA) is 103 Å². The molecule has 0 aliphatic heterocycles. The number of nitrogens with zero attached hydrogens (tertiary/aromatic N) is 2. The molecule has 1 N–H and O–H groups in total. The lowest BCUT2D eigenvalue weighted by molar-refractivity contribution is 0.415. The minimum atomic E-state index is -3.86. The summed E-state index contributed by atoms with van der Waals surface area (Å²) in [6.45, 7) is 0. The minimum Gasteiger partial charge on any atom is -0.497 e. The van der Waals surface area contributed by atoms with Gasteiger partial charge in [0.2, 0.25) is 0 Å². The third-order valence-corrected chi connectivity index (χ3v) is 5.55. The number of imidazole rings is 1. The molecule has 0 radical (unpaired) electrons. The first-order valence-electron chi connectivity index (χ1n) is 7.94. The average Bonchev–Trinajstić information content (AvgIpc) is 3.04. The number of fused-ring (bicyclic) bond motifs is 3. The molecule has 0 aliphatic carbocycles. The van der Waals surface area contributed by atoms with Gasteiger partial charge in [-0.05, 0) is 30.3 Å². The second-order valence-corrected chi connectivity index (χ2v) is 7.62. The summed E-state index contributed by atoms with van der Waals surface area (Å²) in [5.41, 5.74) is 0.763. The highest BCUT2D eigenvalue weighted by molar-refractivity contribution is 7.92. The second kappa shape index (κ2) is 6.13. The Morgan fingerprint density at radius 1 is 1.19 bits per heavy atom. The van der Waals surface area contributed by atoms with Gasteiger partial charge in [-0.3, -0.25) is 4.72 Å². The van der Waals surface area contributed by atoms with E-state index in [-0.39, 0.29) is 16.0 Å². The molecule has 2 aromatic heterocycles. The van der Waals surface area contributed by atoms with Gasteiger partial charge in [-0.25, -0.2) is 18.2 Å². The zero-order chi connectivity index (χ0) is 19.2. The monoisotopic (exact) mass is 385 g/mol. The maximum Gasteiger partial charge on any atom is 0.364 e. The highest BCUT2D eigenvalue weighted by Crippen LogP contribution is 2.26. The summed E-state index contributed by atoms with van der Waals surface area (Å²) in [6, 6.07) is 10.9. The summed E-state index contributed by atoms with van der Waals surface area (Å²) in [4.78, 5) is 16.1. The Balaban J connectivity index is 1.85. The Morgan fingerprint density at radius 2 is 2.00 bits per heavy atom. The number of hydrogen-bond acceptors (Lipinski definition) is 6. The number of hydrogen-bond donors (Lipinski definition) is 1. The third kappa shape index (κ3) is 2.91. The quantitative estimate of drug-likeness (QED) is 0.541. The minimum absolute atomic E-state index is 0.0363. The van der Waals surface area contributed by atoms with Crippen molar-refractivity contribution in [3.8, 4) is 5.75 Å². The smallest absolute Gasteiger partial charge is 0.364 e. The number of rotatable bonds is 4. The molecule has 2 aromatic carbocycles. The number of anilines is 1. The maximum atomic E-state index is 12.8. The highest BCUT2D eigenvalue weighted by Gasteiger charge is 2.18. The average molecular weight is 385 g/mol. The largest absolute Gasteiger partial charge is 0.497 e. The number of nitrogens with one attached hydrogen (secondary N) is 1. The van der Waals surface area contributed by atoms with Crippen LogP contribution < -0.4 is 15.1 Å². The first-order chi connectivity index (χ1) is 12.9. The number of aromatic nitrogens is 2. The summed E-state index contributed by atoms with van der Waals surface area (Å²) in [6.07, 6.45) is 1.48. The van der Waals surface area contributed by atoms with Crippen molar-refractivity contribution in [2.75, 3.05) is 11.8 Å². The lowest BCUT2D eigenvalue weighted by atomic mass is 10.2. The van der Waals surface area contributed by atoms with Crippen LogP contribution in [0.25, 0.3) is 22.0 Å². The molecular weight excluding hydrogens is 370 g/mol. The molecule has 27 heavy (non-hydrogen) atoms. The Hall–Kier alpha value is -3.33. The summed E-state index contributed by atoms with van der Waals surface area (Å²) >= 11 is 0. The van der Waals surface area contributed by atoms with Crippen LogP contribution in [0.5, 0.6) is 5.75 Å². The van der Waals surface area contributed by atoms with E-state index < -0.39 is 15.6 Å². The lowest BCUT2D eigenvalue weighted by Crippen LogP contribution is -2.13. The van der Waals surface area contributed by atoms with Gasteiger partial charge < -0.3 is 13.7 Å². The van der Waals surface area contributed by atoms with Crippen molar-refractivity contribution in [1.29, 1.82) is 0 Å². The van der Waals surface area contributed by atoms with Crippen LogP contribution in [0.4, 0.5) is 5.69 Å². The van der Waals surface area contributed by atoms with E-state index in [1.807, 2.05) is 0 Å². The zero-order valence-corrected chi connectivity index (χ0v) is 15.3. The molecule has 0 atom stereocenters. The first kappa shape index (κ1) is 17.1. The van der Waals surface area contributed by atoms with E-state index in [1.165, 1.54) is 31.6 Å². The van der Waals surface area contributed by atoms with E-state index in [2.05, 4.69) is 9.71 Å². The third-order valence-electron chi connectivity index (χ3n) is 4.17. The van der Waals surface area contributed by atoms with Crippen LogP contribution in [0.15, 0.2) is 62.9 Å². The second-order valence-electron chi connectivity index (χ2n) is 5.94. The predicted octanol–water partition coefficient (Wildman–Crippen LogP) is 2.49. The maximum absolute atomic E-state index is 12.8. The fourth-order valence-electron chi connectivity index (χ4n) is 2.90. The zero-order valence-electron chi connectivity index (χ0n) is 14.5. The Labute approximate surface area is 154 Å². The van der Waals surface area contributed by atoms with Gasteiger partial charge >= 0.3 is 5.63 Å². The van der Waals surface area contributed by atoms with Crippen LogP contribution in [0.2, 0.25) is 0 Å². The summed E-state index contributed by atoms with van der Waals surface area (Å²) in [5, 5.41) is 0.484. The van der Waals surface area contributed by atoms with Gasteiger partial charge in [0, 0.05) is 18.5 Å². The van der Waals surface area contributed by atoms with Crippen molar-refractivity contribution >= 4 is 37.7 Å². The Morgan fingerprint density at radius 3 is 2.78 bits per heavy atom. The Bertz CT molecular complexity index is 1340. The van der Waals surface area contributed by atoms with Crippen molar-refractivity contribution < 1.29 is 17.6 Å². The van der Waals surface area contributed by atoms with E-state index in [4.69, 9.17) is 9.15 Å². The van der Waals surface area contributed by atoms with E-state index in [0.29, 0.717) is 22.3 Å². The molecular formula is C18H15N3O5S. The molecule has 8 nitrogen and oxygen atoms in total. The van der Waals surface area contributed by atoms with Gasteiger partial charge in [0.25, 0.3) is 10.0 Å². The highest BCUT2D eigenvalue weighted by atomic mass is 32.2. The number of methoxy groups -OCH3 is 1. The van der Waals surface area contributed by atoms with Crippen LogP contribution in [0.1, 0.15) is 0 Å². The molecule has 4 aromatic rings. The van der Waals surface area contributed by atoms with Gasteiger partial charge in [-0.15, -0.1) is 0 Å². The fraction of sp³-hybridized carbons (Fsp3) is 0.111. The number of ether oxygens (including phenoxy) is 1. The van der Waals surface area contributed by atoms with E-state index in [1.54, 1.807) is 35.9 Å². The van der Waals surface area contributed by atoms with E-state index >= 15 is 0 Å². The molecule has 0 saturated carbocycles. The number of sulfonamides is 1. The fourth-order valence-corrected chi connectivity index (χ4v) is 3.97. The van der Waals surface area contributed by atoms with E-state index in [9.17, 15) is 13.2 Å². The van der Waals surface area contributed by atoms with Gasteiger partial charge in [-0.1, -0.05) is 6.07 Å². The Kier molecular flexibility index (Phi) is 3.88. The summed E-state index contributed by atoms with van der Waals surface area (Å²) in [7, 11) is -0.630. The van der Waals surface area contributed by atoms with Crippen molar-refractivity contribution in [3.05, 3.63) is 59.2 Å². The van der Waals surface area contributed by atoms with Crippen LogP contribution >= 0.6 is 0 Å². The number of aryl methyl sites for hydroxylation is 1. The van der Waals surface area contributed by atoms with Crippen LogP contribution in [-0.4, -0.2) is 25.1 Å². The van der Waals surface area contributed by atoms with Crippen molar-refractivity contribution in [1.82, 2.24) is 9.55 Å². The molecule has 0 fully saturated rings. The predicted molar refractivity (Wildman–Crippen MR) is 101 cm³/mol. The molecule has 0 saturated heterocycles. The van der Waals surface area contributed by atoms with Gasteiger partial charge in [0.05, 0.1) is 29.5 Å². The summed E-state index contributed by atoms with van der Waals surface area (Å²) in [5.74, 6) is 0.534. The molecule has 0 amide bonds. The van der Waals surface area contributed by atoms with Gasteiger partial charge in [-0.2, -0.15) is 0 Å². The normalized spacial score (nSPS) is 11.8. The van der Waals surface area contributed by atoms with Crippen molar-refractivity contribution in [3.63, 3.8) is 0 Å².